The number of hydrogen-bond acceptors (Lipinski definition) is 8. The minimum absolute atomic E-state index is 0.0698. The normalized spacial score (nSPS) is 18.5. The lowest BCUT2D eigenvalue weighted by Crippen LogP contribution is -2.48. The van der Waals surface area contributed by atoms with Crippen molar-refractivity contribution in [2.24, 2.45) is 5.92 Å². The maximum atomic E-state index is 13.5. The van der Waals surface area contributed by atoms with Gasteiger partial charge in [0.1, 0.15) is 11.9 Å². The number of rotatable bonds is 8. The molecule has 3 N–H and O–H groups in total. The molecule has 3 atom stereocenters. The van der Waals surface area contributed by atoms with Crippen LogP contribution in [0.5, 0.6) is 17.2 Å². The molecule has 240 valence electrons. The van der Waals surface area contributed by atoms with Crippen molar-refractivity contribution < 1.29 is 37.3 Å². The second kappa shape index (κ2) is 13.2. The molecule has 2 aliphatic rings. The second-order valence-corrected chi connectivity index (χ2v) is 13.2. The summed E-state index contributed by atoms with van der Waals surface area (Å²) in [6.07, 6.45) is -0.620. The molecule has 0 radical (unpaired) electrons. The van der Waals surface area contributed by atoms with Crippen molar-refractivity contribution >= 4 is 33.3 Å². The number of ether oxygens (including phenoxy) is 3. The highest BCUT2D eigenvalue weighted by molar-refractivity contribution is 7.92. The summed E-state index contributed by atoms with van der Waals surface area (Å²) < 4.78 is 45.9. The van der Waals surface area contributed by atoms with Crippen molar-refractivity contribution in [2.45, 2.75) is 44.2 Å². The van der Waals surface area contributed by atoms with Crippen LogP contribution in [0.25, 0.3) is 0 Å². The minimum atomic E-state index is -3.88. The summed E-state index contributed by atoms with van der Waals surface area (Å²) in [5, 5.41) is 12.8. The summed E-state index contributed by atoms with van der Waals surface area (Å²) in [5.41, 5.74) is 2.23. The number of aliphatic hydroxyl groups is 1. The Kier molecular flexibility index (Phi) is 9.40. The molecule has 0 fully saturated rings. The Bertz CT molecular complexity index is 1660. The molecule has 0 bridgehead atoms. The van der Waals surface area contributed by atoms with Gasteiger partial charge in [-0.05, 0) is 56.3 Å². The number of likely N-dealkylation sites (N-methyl/N-ethyl adjacent to an activating group) is 1. The first kappa shape index (κ1) is 31.9. The van der Waals surface area contributed by atoms with E-state index in [0.717, 1.165) is 5.56 Å². The molecule has 45 heavy (non-hydrogen) atoms. The number of sulfonamides is 1. The van der Waals surface area contributed by atoms with E-state index in [2.05, 4.69) is 10.0 Å². The molecule has 5 rings (SSSR count). The van der Waals surface area contributed by atoms with Gasteiger partial charge in [0.15, 0.2) is 11.5 Å². The lowest BCUT2D eigenvalue weighted by atomic mass is 10.0. The Morgan fingerprint density at radius 1 is 1.04 bits per heavy atom. The lowest BCUT2D eigenvalue weighted by Gasteiger charge is -2.34. The highest BCUT2D eigenvalue weighted by Crippen LogP contribution is 2.34. The number of aryl methyl sites for hydroxylation is 1. The van der Waals surface area contributed by atoms with Crippen LogP contribution in [0.1, 0.15) is 25.0 Å². The van der Waals surface area contributed by atoms with Gasteiger partial charge in [0.05, 0.1) is 30.5 Å². The van der Waals surface area contributed by atoms with E-state index in [0.29, 0.717) is 28.5 Å². The summed E-state index contributed by atoms with van der Waals surface area (Å²) in [4.78, 5) is 29.9. The van der Waals surface area contributed by atoms with E-state index in [1.807, 2.05) is 13.8 Å². The number of amides is 3. The SMILES string of the molecule is Cc1ccc(S(=O)(=O)Nc2ccc3c(c2)CC(=O)N([C@H](C)CO)C[C@@H](C)[C@H](CN(C)C(=O)Nc2ccc4c(c2)OCO4)O3)cc1. The molecule has 0 saturated heterocycles. The fourth-order valence-electron chi connectivity index (χ4n) is 5.19. The van der Waals surface area contributed by atoms with Gasteiger partial charge in [0.25, 0.3) is 10.0 Å². The maximum absolute atomic E-state index is 13.5. The van der Waals surface area contributed by atoms with Gasteiger partial charge < -0.3 is 34.4 Å². The number of urea groups is 1. The number of aliphatic hydroxyl groups excluding tert-OH is 1. The van der Waals surface area contributed by atoms with Gasteiger partial charge in [0.2, 0.25) is 12.7 Å². The van der Waals surface area contributed by atoms with Crippen LogP contribution in [0.4, 0.5) is 16.2 Å². The number of nitrogens with zero attached hydrogens (tertiary/aromatic N) is 2. The van der Waals surface area contributed by atoms with E-state index < -0.39 is 22.2 Å². The van der Waals surface area contributed by atoms with E-state index in [-0.39, 0.29) is 61.3 Å². The zero-order chi connectivity index (χ0) is 32.3. The maximum Gasteiger partial charge on any atom is 0.321 e. The number of carbonyl (C=O) groups excluding carboxylic acids is 2. The molecule has 3 amide bonds. The predicted octanol–water partition coefficient (Wildman–Crippen LogP) is 3.84. The van der Waals surface area contributed by atoms with E-state index >= 15 is 0 Å². The molecule has 0 spiro atoms. The van der Waals surface area contributed by atoms with Gasteiger partial charge >= 0.3 is 6.03 Å². The van der Waals surface area contributed by atoms with Crippen LogP contribution in [-0.4, -0.2) is 80.9 Å². The summed E-state index contributed by atoms with van der Waals surface area (Å²) >= 11 is 0. The van der Waals surface area contributed by atoms with Crippen molar-refractivity contribution in [3.8, 4) is 17.2 Å². The van der Waals surface area contributed by atoms with Crippen molar-refractivity contribution in [3.05, 3.63) is 71.8 Å². The fourth-order valence-corrected chi connectivity index (χ4v) is 6.24. The molecule has 3 aromatic rings. The molecular weight excluding hydrogens is 600 g/mol. The molecule has 0 saturated carbocycles. The van der Waals surface area contributed by atoms with Crippen LogP contribution < -0.4 is 24.2 Å². The summed E-state index contributed by atoms with van der Waals surface area (Å²) in [7, 11) is -2.23. The molecule has 13 heteroatoms. The number of carbonyl (C=O) groups is 2. The van der Waals surface area contributed by atoms with Crippen LogP contribution in [0, 0.1) is 12.8 Å². The molecule has 0 unspecified atom stereocenters. The average molecular weight is 639 g/mol. The molecular formula is C32H38N4O8S. The summed E-state index contributed by atoms with van der Waals surface area (Å²) in [5.74, 6) is 1.08. The van der Waals surface area contributed by atoms with E-state index in [9.17, 15) is 23.1 Å². The van der Waals surface area contributed by atoms with Gasteiger partial charge in [-0.3, -0.25) is 9.52 Å². The second-order valence-electron chi connectivity index (χ2n) is 11.5. The Morgan fingerprint density at radius 3 is 2.47 bits per heavy atom. The highest BCUT2D eigenvalue weighted by Gasteiger charge is 2.32. The number of fused-ring (bicyclic) bond motifs is 2. The molecule has 2 heterocycles. The van der Waals surface area contributed by atoms with E-state index in [4.69, 9.17) is 14.2 Å². The third kappa shape index (κ3) is 7.43. The Balaban J connectivity index is 1.38. The smallest absolute Gasteiger partial charge is 0.321 e. The van der Waals surface area contributed by atoms with Gasteiger partial charge in [-0.25, -0.2) is 13.2 Å². The van der Waals surface area contributed by atoms with Crippen LogP contribution in [0.15, 0.2) is 65.6 Å². The molecule has 12 nitrogen and oxygen atoms in total. The van der Waals surface area contributed by atoms with Crippen LogP contribution in [0.3, 0.4) is 0 Å². The van der Waals surface area contributed by atoms with Gasteiger partial charge in [0, 0.05) is 42.5 Å². The first-order valence-electron chi connectivity index (χ1n) is 14.6. The molecule has 0 aromatic heterocycles. The third-order valence-electron chi connectivity index (χ3n) is 7.92. The van der Waals surface area contributed by atoms with Gasteiger partial charge in [-0.2, -0.15) is 0 Å². The quantitative estimate of drug-likeness (QED) is 0.337. The Morgan fingerprint density at radius 2 is 1.73 bits per heavy atom. The highest BCUT2D eigenvalue weighted by atomic mass is 32.2. The van der Waals surface area contributed by atoms with E-state index in [1.165, 1.54) is 17.0 Å². The number of hydrogen-bond donors (Lipinski definition) is 3. The van der Waals surface area contributed by atoms with Crippen molar-refractivity contribution in [1.29, 1.82) is 0 Å². The van der Waals surface area contributed by atoms with Crippen molar-refractivity contribution in [1.82, 2.24) is 9.80 Å². The average Bonchev–Trinajstić information content (AvgIpc) is 3.48. The van der Waals surface area contributed by atoms with Crippen LogP contribution in [0.2, 0.25) is 0 Å². The van der Waals surface area contributed by atoms with E-state index in [1.54, 1.807) is 67.4 Å². The first-order chi connectivity index (χ1) is 21.4. The Hall–Kier alpha value is -4.49. The standard InChI is InChI=1S/C32H38N4O8S/c1-20-5-9-26(10-6-20)45(40,41)34-25-8-11-27-23(13-25)14-31(38)36(22(3)18-37)16-21(2)30(44-27)17-35(4)32(39)33-24-7-12-28-29(15-24)43-19-42-28/h5-13,15,21-22,30,34,37H,14,16-19H2,1-4H3,(H,33,39)/t21-,22-,30+/m1/s1. The van der Waals surface area contributed by atoms with Crippen molar-refractivity contribution in [3.63, 3.8) is 0 Å². The number of anilines is 2. The van der Waals surface area contributed by atoms with Gasteiger partial charge in [-0.15, -0.1) is 0 Å². The summed E-state index contributed by atoms with van der Waals surface area (Å²) in [6, 6.07) is 15.6. The predicted molar refractivity (Wildman–Crippen MR) is 168 cm³/mol. The van der Waals surface area contributed by atoms with Crippen LogP contribution in [-0.2, 0) is 21.2 Å². The molecule has 0 aliphatic carbocycles. The van der Waals surface area contributed by atoms with Crippen LogP contribution >= 0.6 is 0 Å². The molecule has 2 aliphatic heterocycles. The Labute approximate surface area is 262 Å². The number of nitrogens with one attached hydrogen (secondary N) is 2. The zero-order valence-corrected chi connectivity index (χ0v) is 26.5. The first-order valence-corrected chi connectivity index (χ1v) is 16.1. The minimum Gasteiger partial charge on any atom is -0.488 e. The fraction of sp³-hybridized carbons (Fsp3) is 0.375. The summed E-state index contributed by atoms with van der Waals surface area (Å²) in [6.45, 7) is 5.91. The zero-order valence-electron chi connectivity index (χ0n) is 25.6. The third-order valence-corrected chi connectivity index (χ3v) is 9.32. The largest absolute Gasteiger partial charge is 0.488 e. The van der Waals surface area contributed by atoms with Crippen molar-refractivity contribution in [2.75, 3.05) is 43.6 Å². The monoisotopic (exact) mass is 638 g/mol. The molecule has 3 aromatic carbocycles. The number of benzene rings is 3. The van der Waals surface area contributed by atoms with Gasteiger partial charge in [-0.1, -0.05) is 24.6 Å². The topological polar surface area (TPSA) is 147 Å². The lowest BCUT2D eigenvalue weighted by molar-refractivity contribution is -0.134.